The van der Waals surface area contributed by atoms with Crippen molar-refractivity contribution in [2.45, 2.75) is 25.7 Å². The Morgan fingerprint density at radius 1 is 1.15 bits per heavy atom. The van der Waals surface area contributed by atoms with Crippen molar-refractivity contribution in [3.63, 3.8) is 0 Å². The number of hydrogen-bond acceptors (Lipinski definition) is 6. The Balaban J connectivity index is 0.00000261. The number of benzene rings is 1. The van der Waals surface area contributed by atoms with Gasteiger partial charge in [-0.3, -0.25) is 0 Å². The van der Waals surface area contributed by atoms with Crippen LogP contribution in [0, 0.1) is 0 Å². The summed E-state index contributed by atoms with van der Waals surface area (Å²) in [6.45, 7) is 3.93. The third-order valence-electron chi connectivity index (χ3n) is 4.53. The molecule has 0 spiro atoms. The monoisotopic (exact) mass is 411 g/mol. The number of piperidine rings is 1. The first-order valence-electron chi connectivity index (χ1n) is 9.24. The molecule has 1 aliphatic heterocycles. The maximum Gasteiger partial charge on any atom is 0.351 e. The predicted molar refractivity (Wildman–Crippen MR) is 112 cm³/mol. The first kappa shape index (κ1) is 21.8. The van der Waals surface area contributed by atoms with E-state index in [2.05, 4.69) is 4.90 Å². The second-order valence-electron chi connectivity index (χ2n) is 6.49. The fraction of sp³-hybridized carbons (Fsp3) is 0.500. The van der Waals surface area contributed by atoms with Crippen molar-refractivity contribution in [1.29, 1.82) is 0 Å². The van der Waals surface area contributed by atoms with E-state index < -0.39 is 11.6 Å². The molecule has 0 N–H and O–H groups in total. The summed E-state index contributed by atoms with van der Waals surface area (Å²) in [7, 11) is 0. The van der Waals surface area contributed by atoms with Gasteiger partial charge in [-0.05, 0) is 56.8 Å². The minimum Gasteiger partial charge on any atom is -0.461 e. The van der Waals surface area contributed by atoms with Crippen molar-refractivity contribution in [3.8, 4) is 0 Å². The summed E-state index contributed by atoms with van der Waals surface area (Å²) in [6.07, 6.45) is 5.18. The van der Waals surface area contributed by atoms with Gasteiger partial charge in [0.2, 0.25) is 0 Å². The van der Waals surface area contributed by atoms with Gasteiger partial charge in [0, 0.05) is 11.1 Å². The van der Waals surface area contributed by atoms with Gasteiger partial charge in [-0.15, -0.1) is 12.4 Å². The fourth-order valence-electron chi connectivity index (χ4n) is 3.15. The number of nitrogens with zero attached hydrogens (tertiary/aromatic N) is 1. The minimum absolute atomic E-state index is 0. The smallest absolute Gasteiger partial charge is 0.351 e. The van der Waals surface area contributed by atoms with Gasteiger partial charge in [-0.25, -0.2) is 9.59 Å². The van der Waals surface area contributed by atoms with E-state index in [4.69, 9.17) is 9.15 Å². The van der Waals surface area contributed by atoms with Gasteiger partial charge in [-0.2, -0.15) is 11.8 Å². The van der Waals surface area contributed by atoms with Gasteiger partial charge >= 0.3 is 11.6 Å². The summed E-state index contributed by atoms with van der Waals surface area (Å²) in [4.78, 5) is 26.6. The normalized spacial score (nSPS) is 14.7. The largest absolute Gasteiger partial charge is 0.461 e. The van der Waals surface area contributed by atoms with Crippen LogP contribution in [-0.2, 0) is 4.74 Å². The molecule has 5 nitrogen and oxygen atoms in total. The Kier molecular flexibility index (Phi) is 9.18. The molecule has 1 fully saturated rings. The highest BCUT2D eigenvalue weighted by molar-refractivity contribution is 7.99. The third-order valence-corrected chi connectivity index (χ3v) is 5.57. The molecule has 0 bridgehead atoms. The van der Waals surface area contributed by atoms with E-state index in [1.165, 1.54) is 38.4 Å². The van der Waals surface area contributed by atoms with Crippen LogP contribution >= 0.6 is 24.2 Å². The number of fused-ring (bicyclic) bond motifs is 1. The lowest BCUT2D eigenvalue weighted by atomic mass is 10.1. The second-order valence-corrected chi connectivity index (χ2v) is 7.71. The Labute approximate surface area is 169 Å². The van der Waals surface area contributed by atoms with E-state index >= 15 is 0 Å². The molecule has 1 aliphatic rings. The van der Waals surface area contributed by atoms with E-state index in [0.717, 1.165) is 24.5 Å². The highest BCUT2D eigenvalue weighted by atomic mass is 35.5. The van der Waals surface area contributed by atoms with E-state index in [-0.39, 0.29) is 18.0 Å². The van der Waals surface area contributed by atoms with E-state index in [1.807, 2.05) is 6.07 Å². The van der Waals surface area contributed by atoms with Crippen molar-refractivity contribution in [3.05, 3.63) is 46.3 Å². The van der Waals surface area contributed by atoms with Crippen molar-refractivity contribution < 1.29 is 13.9 Å². The van der Waals surface area contributed by atoms with Crippen LogP contribution in [0.2, 0.25) is 0 Å². The number of carbonyl (C=O) groups excluding carboxylic acids is 1. The van der Waals surface area contributed by atoms with Crippen molar-refractivity contribution in [2.75, 3.05) is 37.7 Å². The molecule has 148 valence electrons. The first-order valence-corrected chi connectivity index (χ1v) is 10.4. The molecule has 0 saturated carbocycles. The zero-order valence-corrected chi connectivity index (χ0v) is 17.0. The molecule has 0 atom stereocenters. The van der Waals surface area contributed by atoms with Crippen molar-refractivity contribution in [2.24, 2.45) is 0 Å². The molecule has 27 heavy (non-hydrogen) atoms. The average Bonchev–Trinajstić information content (AvgIpc) is 2.67. The van der Waals surface area contributed by atoms with Crippen LogP contribution in [0.5, 0.6) is 0 Å². The zero-order chi connectivity index (χ0) is 18.2. The van der Waals surface area contributed by atoms with E-state index in [0.29, 0.717) is 17.6 Å². The Bertz CT molecular complexity index is 789. The van der Waals surface area contributed by atoms with Gasteiger partial charge in [0.1, 0.15) is 17.8 Å². The maximum atomic E-state index is 12.1. The number of para-hydroxylation sites is 1. The molecule has 7 heteroatoms. The van der Waals surface area contributed by atoms with Gasteiger partial charge < -0.3 is 14.1 Å². The quantitative estimate of drug-likeness (QED) is 0.372. The molecular weight excluding hydrogens is 386 g/mol. The highest BCUT2D eigenvalue weighted by Crippen LogP contribution is 2.14. The molecule has 1 saturated heterocycles. The molecule has 0 aliphatic carbocycles. The molecule has 0 amide bonds. The minimum atomic E-state index is -0.650. The summed E-state index contributed by atoms with van der Waals surface area (Å²) in [5.41, 5.74) is -0.222. The SMILES string of the molecule is Cl.O=C(OCCSCCCN1CCCCC1)c1cc2ccccc2oc1=O. The van der Waals surface area contributed by atoms with Gasteiger partial charge in [0.05, 0.1) is 0 Å². The highest BCUT2D eigenvalue weighted by Gasteiger charge is 2.15. The van der Waals surface area contributed by atoms with Crippen LogP contribution in [0.15, 0.2) is 39.5 Å². The van der Waals surface area contributed by atoms with Crippen LogP contribution in [0.4, 0.5) is 0 Å². The molecule has 2 heterocycles. The summed E-state index contributed by atoms with van der Waals surface area (Å²) in [5.74, 6) is 1.19. The standard InChI is InChI=1S/C20H25NO4S.ClH/c22-19(17-15-16-7-2-3-8-18(16)25-20(17)23)24-12-14-26-13-6-11-21-9-4-1-5-10-21;/h2-3,7-8,15H,1,4-6,9-14H2;1H. The fourth-order valence-corrected chi connectivity index (χ4v) is 3.89. The van der Waals surface area contributed by atoms with Gasteiger partial charge in [-0.1, -0.05) is 24.6 Å². The summed E-state index contributed by atoms with van der Waals surface area (Å²) >= 11 is 1.78. The van der Waals surface area contributed by atoms with Gasteiger partial charge in [0.15, 0.2) is 0 Å². The first-order chi connectivity index (χ1) is 12.7. The molecule has 0 unspecified atom stereocenters. The average molecular weight is 412 g/mol. The Morgan fingerprint density at radius 2 is 1.93 bits per heavy atom. The number of rotatable bonds is 8. The molecule has 3 rings (SSSR count). The van der Waals surface area contributed by atoms with E-state index in [9.17, 15) is 9.59 Å². The van der Waals surface area contributed by atoms with Gasteiger partial charge in [0.25, 0.3) is 0 Å². The van der Waals surface area contributed by atoms with Crippen LogP contribution in [0.3, 0.4) is 0 Å². The molecule has 1 aromatic heterocycles. The molecule has 2 aromatic rings. The number of carbonyl (C=O) groups is 1. The van der Waals surface area contributed by atoms with E-state index in [1.54, 1.807) is 30.0 Å². The Morgan fingerprint density at radius 3 is 2.74 bits per heavy atom. The lowest BCUT2D eigenvalue weighted by molar-refractivity contribution is 0.0525. The Hall–Kier alpha value is -1.50. The maximum absolute atomic E-state index is 12.1. The predicted octanol–water partition coefficient (Wildman–Crippen LogP) is 3.98. The topological polar surface area (TPSA) is 59.8 Å². The summed E-state index contributed by atoms with van der Waals surface area (Å²) < 4.78 is 10.4. The lowest BCUT2D eigenvalue weighted by Gasteiger charge is -2.26. The summed E-state index contributed by atoms with van der Waals surface area (Å²) in [6, 6.07) is 8.65. The van der Waals surface area contributed by atoms with Crippen LogP contribution in [0.25, 0.3) is 11.0 Å². The number of thioether (sulfide) groups is 1. The zero-order valence-electron chi connectivity index (χ0n) is 15.4. The van der Waals surface area contributed by atoms with Crippen LogP contribution in [-0.4, -0.2) is 48.6 Å². The van der Waals surface area contributed by atoms with Crippen molar-refractivity contribution >= 4 is 41.1 Å². The number of halogens is 1. The number of esters is 1. The van der Waals surface area contributed by atoms with Crippen LogP contribution < -0.4 is 5.63 Å². The molecule has 0 radical (unpaired) electrons. The lowest BCUT2D eigenvalue weighted by Crippen LogP contribution is -2.30. The molecular formula is C20H26ClNO4S. The third kappa shape index (κ3) is 6.55. The number of ether oxygens (including phenoxy) is 1. The van der Waals surface area contributed by atoms with Crippen LogP contribution in [0.1, 0.15) is 36.0 Å². The second kappa shape index (κ2) is 11.4. The number of likely N-dealkylation sites (tertiary alicyclic amines) is 1. The summed E-state index contributed by atoms with van der Waals surface area (Å²) in [5, 5.41) is 0.714. The van der Waals surface area contributed by atoms with Crippen molar-refractivity contribution in [1.82, 2.24) is 4.90 Å². The number of hydrogen-bond donors (Lipinski definition) is 0. The molecule has 1 aromatic carbocycles.